The molecule has 0 saturated carbocycles. The zero-order valence-electron chi connectivity index (χ0n) is 13.3. The van der Waals surface area contributed by atoms with E-state index in [1.165, 1.54) is 4.31 Å². The van der Waals surface area contributed by atoms with Crippen molar-refractivity contribution >= 4 is 21.8 Å². The van der Waals surface area contributed by atoms with Crippen LogP contribution in [0, 0.1) is 11.3 Å². The van der Waals surface area contributed by atoms with Crippen molar-refractivity contribution in [2.45, 2.75) is 12.8 Å². The van der Waals surface area contributed by atoms with Gasteiger partial charge in [0.05, 0.1) is 24.3 Å². The Bertz CT molecular complexity index is 608. The molecule has 0 spiro atoms. The van der Waals surface area contributed by atoms with Crippen LogP contribution in [0.4, 0.5) is 0 Å². The number of hydrogen-bond acceptors (Lipinski definition) is 5. The quantitative estimate of drug-likeness (QED) is 0.681. The minimum absolute atomic E-state index is 0.0321. The normalized spacial score (nSPS) is 33.4. The number of sulfonamides is 1. The number of rotatable bonds is 3. The van der Waals surface area contributed by atoms with E-state index in [0.717, 1.165) is 0 Å². The van der Waals surface area contributed by atoms with Crippen molar-refractivity contribution in [1.82, 2.24) is 14.5 Å². The van der Waals surface area contributed by atoms with E-state index in [0.29, 0.717) is 45.7 Å². The Morgan fingerprint density at radius 1 is 1.39 bits per heavy atom. The first-order valence-electron chi connectivity index (χ1n) is 7.94. The second kappa shape index (κ2) is 6.03. The molecule has 2 atom stereocenters. The molecular formula is C14H23N3O5S. The van der Waals surface area contributed by atoms with Crippen LogP contribution in [-0.4, -0.2) is 81.6 Å². The number of carbonyl (C=O) groups is 2. The predicted molar refractivity (Wildman–Crippen MR) is 82.0 cm³/mol. The SMILES string of the molecule is CNC(=O)[C@]12CCOC[C@H]1CN(C(=O)CN1CCCS1(=O)=O)C2. The Morgan fingerprint density at radius 3 is 2.83 bits per heavy atom. The first kappa shape index (κ1) is 16.7. The number of nitrogens with zero attached hydrogens (tertiary/aromatic N) is 2. The maximum Gasteiger partial charge on any atom is 0.237 e. The summed E-state index contributed by atoms with van der Waals surface area (Å²) in [6, 6.07) is 0. The summed E-state index contributed by atoms with van der Waals surface area (Å²) in [4.78, 5) is 26.5. The van der Waals surface area contributed by atoms with Crippen LogP contribution in [0.1, 0.15) is 12.8 Å². The third kappa shape index (κ3) is 2.85. The number of amides is 2. The third-order valence-corrected chi connectivity index (χ3v) is 7.16. The summed E-state index contributed by atoms with van der Waals surface area (Å²) in [6.07, 6.45) is 1.15. The van der Waals surface area contributed by atoms with Crippen molar-refractivity contribution in [3.8, 4) is 0 Å². The van der Waals surface area contributed by atoms with Crippen LogP contribution in [0.2, 0.25) is 0 Å². The zero-order valence-corrected chi connectivity index (χ0v) is 14.1. The Morgan fingerprint density at radius 2 is 2.17 bits per heavy atom. The van der Waals surface area contributed by atoms with E-state index >= 15 is 0 Å². The van der Waals surface area contributed by atoms with Crippen molar-refractivity contribution < 1.29 is 22.7 Å². The number of likely N-dealkylation sites (tertiary alicyclic amines) is 1. The van der Waals surface area contributed by atoms with Gasteiger partial charge in [-0.1, -0.05) is 0 Å². The Labute approximate surface area is 136 Å². The molecular weight excluding hydrogens is 322 g/mol. The van der Waals surface area contributed by atoms with Gasteiger partial charge in [0.25, 0.3) is 0 Å². The van der Waals surface area contributed by atoms with Gasteiger partial charge in [-0.15, -0.1) is 0 Å². The van der Waals surface area contributed by atoms with E-state index in [-0.39, 0.29) is 30.0 Å². The molecule has 3 saturated heterocycles. The molecule has 9 heteroatoms. The first-order valence-corrected chi connectivity index (χ1v) is 9.55. The van der Waals surface area contributed by atoms with Crippen LogP contribution < -0.4 is 5.32 Å². The van der Waals surface area contributed by atoms with Crippen LogP contribution in [0.5, 0.6) is 0 Å². The minimum atomic E-state index is -3.29. The predicted octanol–water partition coefficient (Wildman–Crippen LogP) is -1.37. The molecule has 0 radical (unpaired) electrons. The van der Waals surface area contributed by atoms with Gasteiger partial charge in [0.1, 0.15) is 0 Å². The molecule has 3 fully saturated rings. The molecule has 0 aromatic rings. The van der Waals surface area contributed by atoms with E-state index < -0.39 is 15.4 Å². The van der Waals surface area contributed by atoms with Gasteiger partial charge < -0.3 is 15.0 Å². The van der Waals surface area contributed by atoms with Crippen LogP contribution in [0.15, 0.2) is 0 Å². The summed E-state index contributed by atoms with van der Waals surface area (Å²) in [7, 11) is -1.69. The number of fused-ring (bicyclic) bond motifs is 1. The van der Waals surface area contributed by atoms with Gasteiger partial charge in [0, 0.05) is 39.2 Å². The molecule has 8 nitrogen and oxygen atoms in total. The number of hydrogen-bond donors (Lipinski definition) is 1. The van der Waals surface area contributed by atoms with Crippen molar-refractivity contribution in [3.05, 3.63) is 0 Å². The topological polar surface area (TPSA) is 96.0 Å². The summed E-state index contributed by atoms with van der Waals surface area (Å²) < 4.78 is 30.4. The van der Waals surface area contributed by atoms with Crippen molar-refractivity contribution in [2.75, 3.05) is 52.2 Å². The molecule has 3 rings (SSSR count). The van der Waals surface area contributed by atoms with E-state index in [9.17, 15) is 18.0 Å². The summed E-state index contributed by atoms with van der Waals surface area (Å²) in [5.41, 5.74) is -0.605. The fourth-order valence-electron chi connectivity index (χ4n) is 3.88. The second-order valence-corrected chi connectivity index (χ2v) is 8.62. The average molecular weight is 345 g/mol. The maximum absolute atomic E-state index is 12.5. The largest absolute Gasteiger partial charge is 0.381 e. The summed E-state index contributed by atoms with van der Waals surface area (Å²) in [6.45, 7) is 2.02. The van der Waals surface area contributed by atoms with Crippen LogP contribution in [0.25, 0.3) is 0 Å². The molecule has 0 aliphatic carbocycles. The smallest absolute Gasteiger partial charge is 0.237 e. The van der Waals surface area contributed by atoms with E-state index in [4.69, 9.17) is 4.74 Å². The van der Waals surface area contributed by atoms with E-state index in [1.54, 1.807) is 11.9 Å². The highest BCUT2D eigenvalue weighted by Crippen LogP contribution is 2.42. The molecule has 0 bridgehead atoms. The number of ether oxygens (including phenoxy) is 1. The lowest BCUT2D eigenvalue weighted by atomic mass is 9.73. The number of carbonyl (C=O) groups excluding carboxylic acids is 2. The molecule has 3 aliphatic rings. The fourth-order valence-corrected chi connectivity index (χ4v) is 5.35. The van der Waals surface area contributed by atoms with Gasteiger partial charge in [-0.05, 0) is 12.8 Å². The first-order chi connectivity index (χ1) is 10.9. The summed E-state index contributed by atoms with van der Waals surface area (Å²) in [5.74, 6) is -0.211. The Kier molecular flexibility index (Phi) is 4.37. The van der Waals surface area contributed by atoms with Gasteiger partial charge in [0.2, 0.25) is 21.8 Å². The van der Waals surface area contributed by atoms with Crippen molar-refractivity contribution in [2.24, 2.45) is 11.3 Å². The molecule has 0 aromatic heterocycles. The lowest BCUT2D eigenvalue weighted by Crippen LogP contribution is -2.50. The van der Waals surface area contributed by atoms with Gasteiger partial charge in [-0.2, -0.15) is 4.31 Å². The monoisotopic (exact) mass is 345 g/mol. The van der Waals surface area contributed by atoms with Gasteiger partial charge >= 0.3 is 0 Å². The third-order valence-electron chi connectivity index (χ3n) is 5.25. The van der Waals surface area contributed by atoms with Gasteiger partial charge in [-0.25, -0.2) is 8.42 Å². The van der Waals surface area contributed by atoms with Gasteiger partial charge in [0.15, 0.2) is 0 Å². The molecule has 3 aliphatic heterocycles. The van der Waals surface area contributed by atoms with Crippen LogP contribution in [0.3, 0.4) is 0 Å². The molecule has 0 unspecified atom stereocenters. The highest BCUT2D eigenvalue weighted by molar-refractivity contribution is 7.89. The summed E-state index contributed by atoms with van der Waals surface area (Å²) in [5, 5.41) is 2.70. The molecule has 0 aromatic carbocycles. The highest BCUT2D eigenvalue weighted by atomic mass is 32.2. The molecule has 3 heterocycles. The zero-order chi connectivity index (χ0) is 16.7. The number of nitrogens with one attached hydrogen (secondary N) is 1. The summed E-state index contributed by atoms with van der Waals surface area (Å²) >= 11 is 0. The standard InChI is InChI=1S/C14H23N3O5S/c1-15-13(19)14-3-5-22-9-11(14)7-16(10-14)12(18)8-17-4-2-6-23(17,20)21/h11H,2-10H2,1H3,(H,15,19)/t11-,14+/m1/s1. The minimum Gasteiger partial charge on any atom is -0.381 e. The maximum atomic E-state index is 12.5. The highest BCUT2D eigenvalue weighted by Gasteiger charge is 2.54. The Hall–Kier alpha value is -1.19. The van der Waals surface area contributed by atoms with Crippen molar-refractivity contribution in [3.63, 3.8) is 0 Å². The molecule has 130 valence electrons. The molecule has 23 heavy (non-hydrogen) atoms. The van der Waals surface area contributed by atoms with E-state index in [2.05, 4.69) is 5.32 Å². The van der Waals surface area contributed by atoms with Gasteiger partial charge in [-0.3, -0.25) is 9.59 Å². The molecule has 2 amide bonds. The van der Waals surface area contributed by atoms with Crippen LogP contribution >= 0.6 is 0 Å². The fraction of sp³-hybridized carbons (Fsp3) is 0.857. The molecule has 1 N–H and O–H groups in total. The average Bonchev–Trinajstić information content (AvgIpc) is 3.07. The Balaban J connectivity index is 1.72. The van der Waals surface area contributed by atoms with Crippen LogP contribution in [-0.2, 0) is 24.3 Å². The van der Waals surface area contributed by atoms with E-state index in [1.807, 2.05) is 0 Å². The second-order valence-electron chi connectivity index (χ2n) is 6.53. The van der Waals surface area contributed by atoms with Crippen molar-refractivity contribution in [1.29, 1.82) is 0 Å². The lowest BCUT2D eigenvalue weighted by molar-refractivity contribution is -0.139. The lowest BCUT2D eigenvalue weighted by Gasteiger charge is -2.36.